The van der Waals surface area contributed by atoms with Crippen LogP contribution < -0.4 is 16.4 Å². The topological polar surface area (TPSA) is 115 Å². The summed E-state index contributed by atoms with van der Waals surface area (Å²) >= 11 is 8.25. The van der Waals surface area contributed by atoms with Crippen LogP contribution >= 0.6 is 34.2 Å². The van der Waals surface area contributed by atoms with E-state index in [-0.39, 0.29) is 33.7 Å². The molecule has 1 saturated carbocycles. The van der Waals surface area contributed by atoms with Crippen molar-refractivity contribution in [3.8, 4) is 5.82 Å². The van der Waals surface area contributed by atoms with Gasteiger partial charge in [0.2, 0.25) is 0 Å². The number of rotatable bonds is 7. The Hall–Kier alpha value is -2.64. The SMILES string of the molecule is Cc1cc(I)cc(C(=O)NC(C)(N)C2CC2)c1NC(=O)c1cc(C(F)F)nn1-c1ncccc1Cl. The molecule has 1 fully saturated rings. The second-order valence-corrected chi connectivity index (χ2v) is 10.2. The highest BCUT2D eigenvalue weighted by atomic mass is 127. The summed E-state index contributed by atoms with van der Waals surface area (Å²) < 4.78 is 28.6. The van der Waals surface area contributed by atoms with E-state index in [2.05, 4.69) is 43.3 Å². The molecule has 1 aliphatic rings. The molecule has 3 aromatic rings. The first kappa shape index (κ1) is 25.5. The van der Waals surface area contributed by atoms with Crippen molar-refractivity contribution < 1.29 is 18.4 Å². The van der Waals surface area contributed by atoms with E-state index in [0.29, 0.717) is 5.56 Å². The number of benzene rings is 1. The molecular weight excluding hydrogens is 593 g/mol. The lowest BCUT2D eigenvalue weighted by molar-refractivity contribution is 0.0898. The number of amides is 2. The Morgan fingerprint density at radius 1 is 1.29 bits per heavy atom. The summed E-state index contributed by atoms with van der Waals surface area (Å²) in [5.74, 6) is -1.01. The molecule has 8 nitrogen and oxygen atoms in total. The normalized spacial score (nSPS) is 15.1. The Kier molecular flexibility index (Phi) is 7.11. The molecule has 2 aromatic heterocycles. The number of nitrogens with zero attached hydrogens (tertiary/aromatic N) is 3. The molecule has 4 rings (SSSR count). The number of hydrogen-bond donors (Lipinski definition) is 3. The van der Waals surface area contributed by atoms with Gasteiger partial charge in [0.05, 0.1) is 21.9 Å². The van der Waals surface area contributed by atoms with Gasteiger partial charge in [0.15, 0.2) is 5.82 Å². The minimum absolute atomic E-state index is 0.0202. The molecule has 2 amide bonds. The minimum Gasteiger partial charge on any atom is -0.334 e. The molecule has 1 aromatic carbocycles. The molecule has 4 N–H and O–H groups in total. The monoisotopic (exact) mass is 614 g/mol. The van der Waals surface area contributed by atoms with Crippen molar-refractivity contribution in [2.24, 2.45) is 11.7 Å². The minimum atomic E-state index is -2.92. The fourth-order valence-electron chi connectivity index (χ4n) is 3.73. The van der Waals surface area contributed by atoms with Crippen LogP contribution in [0.3, 0.4) is 0 Å². The van der Waals surface area contributed by atoms with Crippen molar-refractivity contribution in [2.45, 2.75) is 38.8 Å². The van der Waals surface area contributed by atoms with Gasteiger partial charge in [-0.25, -0.2) is 18.4 Å². The van der Waals surface area contributed by atoms with Crippen molar-refractivity contribution in [1.29, 1.82) is 0 Å². The summed E-state index contributed by atoms with van der Waals surface area (Å²) in [7, 11) is 0. The highest BCUT2D eigenvalue weighted by Gasteiger charge is 2.40. The predicted octanol–water partition coefficient (Wildman–Crippen LogP) is 4.84. The zero-order valence-corrected chi connectivity index (χ0v) is 21.7. The maximum absolute atomic E-state index is 13.4. The summed E-state index contributed by atoms with van der Waals surface area (Å²) in [5.41, 5.74) is 5.61. The fraction of sp³-hybridized carbons (Fsp3) is 0.304. The molecule has 0 spiro atoms. The van der Waals surface area contributed by atoms with Crippen LogP contribution in [0.4, 0.5) is 14.5 Å². The highest BCUT2D eigenvalue weighted by Crippen LogP contribution is 2.37. The molecule has 1 aliphatic carbocycles. The molecule has 0 saturated heterocycles. The maximum Gasteiger partial charge on any atom is 0.282 e. The average Bonchev–Trinajstić information content (AvgIpc) is 3.55. The average molecular weight is 615 g/mol. The van der Waals surface area contributed by atoms with E-state index >= 15 is 0 Å². The van der Waals surface area contributed by atoms with Gasteiger partial charge < -0.3 is 16.4 Å². The van der Waals surface area contributed by atoms with Crippen molar-refractivity contribution in [1.82, 2.24) is 20.1 Å². The zero-order chi connectivity index (χ0) is 25.5. The van der Waals surface area contributed by atoms with Crippen LogP contribution in [0.1, 0.15) is 58.3 Å². The van der Waals surface area contributed by atoms with E-state index in [1.807, 2.05) is 0 Å². The number of aryl methyl sites for hydroxylation is 1. The van der Waals surface area contributed by atoms with Gasteiger partial charge in [0.1, 0.15) is 11.4 Å². The molecule has 184 valence electrons. The number of anilines is 1. The quantitative estimate of drug-likeness (QED) is 0.260. The summed E-state index contributed by atoms with van der Waals surface area (Å²) in [6.07, 6.45) is 0.335. The third-order valence-electron chi connectivity index (χ3n) is 5.72. The number of alkyl halides is 2. The molecule has 0 bridgehead atoms. The van der Waals surface area contributed by atoms with Crippen molar-refractivity contribution >= 4 is 51.7 Å². The third-order valence-corrected chi connectivity index (χ3v) is 6.63. The van der Waals surface area contributed by atoms with E-state index in [0.717, 1.165) is 27.2 Å². The lowest BCUT2D eigenvalue weighted by atomic mass is 10.0. The molecule has 1 atom stereocenters. The molecule has 12 heteroatoms. The van der Waals surface area contributed by atoms with Crippen molar-refractivity contribution in [3.05, 3.63) is 67.6 Å². The Labute approximate surface area is 218 Å². The van der Waals surface area contributed by atoms with Gasteiger partial charge >= 0.3 is 0 Å². The van der Waals surface area contributed by atoms with Gasteiger partial charge in [0, 0.05) is 9.77 Å². The molecule has 0 radical (unpaired) electrons. The number of nitrogens with one attached hydrogen (secondary N) is 2. The Bertz CT molecular complexity index is 1310. The van der Waals surface area contributed by atoms with E-state index in [9.17, 15) is 18.4 Å². The van der Waals surface area contributed by atoms with Gasteiger partial charge in [-0.3, -0.25) is 9.59 Å². The van der Waals surface area contributed by atoms with E-state index in [1.165, 1.54) is 12.3 Å². The molecule has 0 aliphatic heterocycles. The van der Waals surface area contributed by atoms with Crippen LogP contribution in [0.5, 0.6) is 0 Å². The maximum atomic E-state index is 13.4. The standard InChI is InChI=1S/C23H22ClF2IN6O2/c1-11-8-13(27)9-14(21(34)31-23(2,28)12-5-6-12)18(11)30-22(35)17-10-16(19(25)26)32-33(17)20-15(24)4-3-7-29-20/h3-4,7-10,12,19H,5-6,28H2,1-2H3,(H,30,35)(H,31,34). The second-order valence-electron chi connectivity index (χ2n) is 8.59. The Morgan fingerprint density at radius 3 is 2.63 bits per heavy atom. The number of aromatic nitrogens is 3. The first-order valence-electron chi connectivity index (χ1n) is 10.7. The smallest absolute Gasteiger partial charge is 0.282 e. The molecular formula is C23H22ClF2IN6O2. The number of halogens is 4. The second kappa shape index (κ2) is 9.78. The summed E-state index contributed by atoms with van der Waals surface area (Å²) in [6, 6.07) is 7.45. The lowest BCUT2D eigenvalue weighted by Gasteiger charge is -2.27. The van der Waals surface area contributed by atoms with Crippen LogP contribution in [-0.4, -0.2) is 32.2 Å². The van der Waals surface area contributed by atoms with Gasteiger partial charge in [-0.15, -0.1) is 0 Å². The summed E-state index contributed by atoms with van der Waals surface area (Å²) in [6.45, 7) is 3.48. The number of carbonyl (C=O) groups excluding carboxylic acids is 2. The van der Waals surface area contributed by atoms with E-state index < -0.39 is 29.6 Å². The molecule has 2 heterocycles. The summed E-state index contributed by atoms with van der Waals surface area (Å²) in [4.78, 5) is 30.6. The first-order chi connectivity index (χ1) is 16.5. The van der Waals surface area contributed by atoms with Gasteiger partial charge in [0.25, 0.3) is 18.2 Å². The van der Waals surface area contributed by atoms with E-state index in [4.69, 9.17) is 17.3 Å². The van der Waals surface area contributed by atoms with Crippen LogP contribution in [0.2, 0.25) is 5.02 Å². The van der Waals surface area contributed by atoms with Crippen LogP contribution in [0.15, 0.2) is 36.5 Å². The van der Waals surface area contributed by atoms with Crippen LogP contribution in [0.25, 0.3) is 5.82 Å². The lowest BCUT2D eigenvalue weighted by Crippen LogP contribution is -2.55. The molecule has 1 unspecified atom stereocenters. The first-order valence-corrected chi connectivity index (χ1v) is 12.2. The van der Waals surface area contributed by atoms with Gasteiger partial charge in [-0.05, 0) is 91.1 Å². The number of nitrogens with two attached hydrogens (primary N) is 1. The molecule has 35 heavy (non-hydrogen) atoms. The van der Waals surface area contributed by atoms with E-state index in [1.54, 1.807) is 32.0 Å². The number of pyridine rings is 1. The van der Waals surface area contributed by atoms with Gasteiger partial charge in [-0.1, -0.05) is 11.6 Å². The van der Waals surface area contributed by atoms with Crippen LogP contribution in [-0.2, 0) is 0 Å². The summed E-state index contributed by atoms with van der Waals surface area (Å²) in [5, 5.41) is 9.50. The Morgan fingerprint density at radius 2 is 2.00 bits per heavy atom. The van der Waals surface area contributed by atoms with Crippen molar-refractivity contribution in [2.75, 3.05) is 5.32 Å². The highest BCUT2D eigenvalue weighted by molar-refractivity contribution is 14.1. The third kappa shape index (κ3) is 5.46. The Balaban J connectivity index is 1.72. The zero-order valence-electron chi connectivity index (χ0n) is 18.8. The van der Waals surface area contributed by atoms with Crippen LogP contribution in [0, 0.1) is 16.4 Å². The van der Waals surface area contributed by atoms with Gasteiger partial charge in [-0.2, -0.15) is 5.10 Å². The predicted molar refractivity (Wildman–Crippen MR) is 136 cm³/mol. The number of hydrogen-bond acceptors (Lipinski definition) is 5. The number of carbonyl (C=O) groups is 2. The largest absolute Gasteiger partial charge is 0.334 e. The fourth-order valence-corrected chi connectivity index (χ4v) is 4.71. The van der Waals surface area contributed by atoms with Crippen molar-refractivity contribution in [3.63, 3.8) is 0 Å².